The molecule has 0 radical (unpaired) electrons. The third kappa shape index (κ3) is 8.25. The molecule has 0 aliphatic heterocycles. The Morgan fingerprint density at radius 3 is 1.47 bits per heavy atom. The lowest BCUT2D eigenvalue weighted by Gasteiger charge is -2.21. The first-order chi connectivity index (χ1) is 18.5. The Kier molecular flexibility index (Phi) is 10.0. The zero-order valence-electron chi connectivity index (χ0n) is 23.5. The van der Waals surface area contributed by atoms with Crippen LogP contribution in [0.5, 0.6) is 23.0 Å². The van der Waals surface area contributed by atoms with Crippen molar-refractivity contribution in [1.29, 1.82) is 0 Å². The minimum Gasteiger partial charge on any atom is -0.457 e. The molecule has 0 spiro atoms. The van der Waals surface area contributed by atoms with Crippen molar-refractivity contribution in [3.63, 3.8) is 0 Å². The standard InChI is InChI=1S/C36H42O2/c1-5-9-29-15-19-33(20-16-29)38-36-14-8-12-32(26-36)24-28(4)27(3)23-31-17-21-34(22-18-31)37-35-13-7-11-30(25-35)10-6-2/h7-8,11-22,25-28H,5-6,9-10,23-24H2,1-4H3. The molecule has 2 atom stereocenters. The number of hydrogen-bond acceptors (Lipinski definition) is 2. The summed E-state index contributed by atoms with van der Waals surface area (Å²) in [6.45, 7) is 9.11. The topological polar surface area (TPSA) is 18.5 Å². The quantitative estimate of drug-likeness (QED) is 0.180. The molecule has 0 aliphatic carbocycles. The van der Waals surface area contributed by atoms with E-state index in [1.807, 2.05) is 12.1 Å². The molecule has 4 aromatic carbocycles. The molecule has 0 heterocycles. The molecule has 2 heteroatoms. The summed E-state index contributed by atoms with van der Waals surface area (Å²) in [6.07, 6.45) is 6.57. The first-order valence-corrected chi connectivity index (χ1v) is 14.2. The fourth-order valence-corrected chi connectivity index (χ4v) is 4.91. The van der Waals surface area contributed by atoms with E-state index in [1.54, 1.807) is 0 Å². The molecular weight excluding hydrogens is 464 g/mol. The summed E-state index contributed by atoms with van der Waals surface area (Å²) < 4.78 is 12.3. The number of ether oxygens (including phenoxy) is 2. The first-order valence-electron chi connectivity index (χ1n) is 14.2. The number of benzene rings is 4. The van der Waals surface area contributed by atoms with Gasteiger partial charge in [-0.3, -0.25) is 0 Å². The predicted molar refractivity (Wildman–Crippen MR) is 160 cm³/mol. The van der Waals surface area contributed by atoms with Crippen LogP contribution >= 0.6 is 0 Å². The fraction of sp³-hybridized carbons (Fsp3) is 0.333. The molecule has 0 bridgehead atoms. The normalized spacial score (nSPS) is 12.6. The van der Waals surface area contributed by atoms with E-state index in [9.17, 15) is 0 Å². The molecule has 0 N–H and O–H groups in total. The van der Waals surface area contributed by atoms with Gasteiger partial charge in [0.2, 0.25) is 0 Å². The van der Waals surface area contributed by atoms with Gasteiger partial charge in [-0.1, -0.05) is 89.1 Å². The van der Waals surface area contributed by atoms with Crippen molar-refractivity contribution in [2.45, 2.75) is 66.2 Å². The van der Waals surface area contributed by atoms with E-state index in [4.69, 9.17) is 9.47 Å². The van der Waals surface area contributed by atoms with Crippen molar-refractivity contribution in [1.82, 2.24) is 0 Å². The highest BCUT2D eigenvalue weighted by atomic mass is 16.5. The summed E-state index contributed by atoms with van der Waals surface area (Å²) in [7, 11) is 0. The number of aryl methyl sites for hydroxylation is 2. The molecule has 2 nitrogen and oxygen atoms in total. The summed E-state index contributed by atoms with van der Waals surface area (Å²) in [6, 6.07) is 34.0. The summed E-state index contributed by atoms with van der Waals surface area (Å²) in [5.41, 5.74) is 5.34. The molecule has 0 fully saturated rings. The van der Waals surface area contributed by atoms with Crippen molar-refractivity contribution >= 4 is 0 Å². The molecule has 0 aromatic heterocycles. The van der Waals surface area contributed by atoms with E-state index in [0.29, 0.717) is 11.8 Å². The average molecular weight is 507 g/mol. The zero-order chi connectivity index (χ0) is 26.7. The van der Waals surface area contributed by atoms with E-state index in [-0.39, 0.29) is 0 Å². The summed E-state index contributed by atoms with van der Waals surface area (Å²) >= 11 is 0. The zero-order valence-corrected chi connectivity index (χ0v) is 23.5. The van der Waals surface area contributed by atoms with Crippen molar-refractivity contribution in [2.75, 3.05) is 0 Å². The maximum Gasteiger partial charge on any atom is 0.127 e. The Balaban J connectivity index is 1.30. The lowest BCUT2D eigenvalue weighted by Crippen LogP contribution is -2.13. The van der Waals surface area contributed by atoms with Gasteiger partial charge in [-0.05, 0) is 108 Å². The lowest BCUT2D eigenvalue weighted by molar-refractivity contribution is 0.382. The van der Waals surface area contributed by atoms with Gasteiger partial charge in [0.25, 0.3) is 0 Å². The van der Waals surface area contributed by atoms with E-state index < -0.39 is 0 Å². The van der Waals surface area contributed by atoms with E-state index in [2.05, 4.69) is 113 Å². The molecule has 198 valence electrons. The van der Waals surface area contributed by atoms with Crippen molar-refractivity contribution < 1.29 is 9.47 Å². The Morgan fingerprint density at radius 1 is 0.474 bits per heavy atom. The minimum atomic E-state index is 0.552. The van der Waals surface area contributed by atoms with E-state index >= 15 is 0 Å². The van der Waals surface area contributed by atoms with E-state index in [0.717, 1.165) is 61.5 Å². The van der Waals surface area contributed by atoms with Crippen LogP contribution in [0, 0.1) is 11.8 Å². The van der Waals surface area contributed by atoms with Gasteiger partial charge in [0.1, 0.15) is 23.0 Å². The second kappa shape index (κ2) is 13.9. The fourth-order valence-electron chi connectivity index (χ4n) is 4.91. The largest absolute Gasteiger partial charge is 0.457 e. The van der Waals surface area contributed by atoms with Crippen molar-refractivity contribution in [2.24, 2.45) is 11.8 Å². The van der Waals surface area contributed by atoms with Gasteiger partial charge < -0.3 is 9.47 Å². The maximum absolute atomic E-state index is 6.15. The second-order valence-electron chi connectivity index (χ2n) is 10.6. The molecule has 2 unspecified atom stereocenters. The Morgan fingerprint density at radius 2 is 0.921 bits per heavy atom. The smallest absolute Gasteiger partial charge is 0.127 e. The second-order valence-corrected chi connectivity index (χ2v) is 10.6. The molecule has 0 saturated carbocycles. The monoisotopic (exact) mass is 506 g/mol. The van der Waals surface area contributed by atoms with Crippen LogP contribution < -0.4 is 9.47 Å². The van der Waals surface area contributed by atoms with E-state index in [1.165, 1.54) is 22.3 Å². The van der Waals surface area contributed by atoms with Gasteiger partial charge in [0, 0.05) is 0 Å². The highest BCUT2D eigenvalue weighted by Crippen LogP contribution is 2.28. The van der Waals surface area contributed by atoms with Gasteiger partial charge in [-0.25, -0.2) is 0 Å². The first kappa shape index (κ1) is 27.5. The lowest BCUT2D eigenvalue weighted by atomic mass is 9.85. The van der Waals surface area contributed by atoms with Crippen LogP contribution in [0.15, 0.2) is 97.1 Å². The van der Waals surface area contributed by atoms with Crippen molar-refractivity contribution in [3.05, 3.63) is 119 Å². The highest BCUT2D eigenvalue weighted by Gasteiger charge is 2.14. The SMILES string of the molecule is CCCc1ccc(Oc2cccc(CC(C)C(C)Cc3ccc(Oc4cccc(CCC)c4)cc3)c2)cc1. The molecule has 0 aliphatic rings. The third-order valence-electron chi connectivity index (χ3n) is 7.28. The molecule has 0 saturated heterocycles. The van der Waals surface area contributed by atoms with Crippen LogP contribution in [0.25, 0.3) is 0 Å². The Hall–Kier alpha value is -3.52. The molecule has 38 heavy (non-hydrogen) atoms. The predicted octanol–water partition coefficient (Wildman–Crippen LogP) is 10.2. The Bertz CT molecular complexity index is 1260. The highest BCUT2D eigenvalue weighted by molar-refractivity contribution is 5.37. The summed E-state index contributed by atoms with van der Waals surface area (Å²) in [5, 5.41) is 0. The van der Waals surface area contributed by atoms with Crippen LogP contribution in [0.3, 0.4) is 0 Å². The summed E-state index contributed by atoms with van der Waals surface area (Å²) in [5.74, 6) is 4.70. The van der Waals surface area contributed by atoms with Gasteiger partial charge in [0.05, 0.1) is 0 Å². The number of hydrogen-bond donors (Lipinski definition) is 0. The molecule has 4 aromatic rings. The van der Waals surface area contributed by atoms with Gasteiger partial charge in [-0.15, -0.1) is 0 Å². The van der Waals surface area contributed by atoms with Crippen LogP contribution in [0.2, 0.25) is 0 Å². The molecule has 4 rings (SSSR count). The van der Waals surface area contributed by atoms with Crippen LogP contribution in [0.4, 0.5) is 0 Å². The molecular formula is C36H42O2. The Labute approximate surface area is 229 Å². The molecule has 0 amide bonds. The average Bonchev–Trinajstić information content (AvgIpc) is 2.92. The van der Waals surface area contributed by atoms with Crippen LogP contribution in [0.1, 0.15) is 62.8 Å². The van der Waals surface area contributed by atoms with Crippen LogP contribution in [-0.2, 0) is 25.7 Å². The number of rotatable bonds is 13. The van der Waals surface area contributed by atoms with Gasteiger partial charge in [0.15, 0.2) is 0 Å². The third-order valence-corrected chi connectivity index (χ3v) is 7.28. The van der Waals surface area contributed by atoms with Gasteiger partial charge >= 0.3 is 0 Å². The summed E-state index contributed by atoms with van der Waals surface area (Å²) in [4.78, 5) is 0. The van der Waals surface area contributed by atoms with Crippen LogP contribution in [-0.4, -0.2) is 0 Å². The minimum absolute atomic E-state index is 0.552. The van der Waals surface area contributed by atoms with Crippen molar-refractivity contribution in [3.8, 4) is 23.0 Å². The maximum atomic E-state index is 6.15. The van der Waals surface area contributed by atoms with Gasteiger partial charge in [-0.2, -0.15) is 0 Å².